The predicted molar refractivity (Wildman–Crippen MR) is 57.3 cm³/mol. The van der Waals surface area contributed by atoms with Gasteiger partial charge >= 0.3 is 0 Å². The molecule has 0 radical (unpaired) electrons. The van der Waals surface area contributed by atoms with Gasteiger partial charge in [-0.05, 0) is 57.9 Å². The van der Waals surface area contributed by atoms with Crippen molar-refractivity contribution < 1.29 is 0 Å². The highest BCUT2D eigenvalue weighted by Crippen LogP contribution is 2.46. The number of hydrogen-bond donors (Lipinski definition) is 2. The Hall–Kier alpha value is -0.120. The second-order valence-corrected chi connectivity index (χ2v) is 5.12. The number of piperidine rings is 2. The summed E-state index contributed by atoms with van der Waals surface area (Å²) < 4.78 is 0. The van der Waals surface area contributed by atoms with Gasteiger partial charge in [0.1, 0.15) is 0 Å². The average molecular weight is 195 g/mol. The average Bonchev–Trinajstić information content (AvgIpc) is 2.72. The smallest absolute Gasteiger partial charge is 0.0183 e. The third kappa shape index (κ3) is 1.38. The molecule has 3 fully saturated rings. The summed E-state index contributed by atoms with van der Waals surface area (Å²) in [5.74, 6) is 1.96. The minimum absolute atomic E-state index is 0.854. The molecule has 2 unspecified atom stereocenters. The summed E-state index contributed by atoms with van der Waals surface area (Å²) in [5, 5.41) is 6.91. The van der Waals surface area contributed by atoms with Crippen molar-refractivity contribution in [2.75, 3.05) is 33.2 Å². The number of rotatable bonds is 2. The van der Waals surface area contributed by atoms with Crippen LogP contribution in [0.2, 0.25) is 0 Å². The Bertz CT molecular complexity index is 201. The standard InChI is InChI=1S/C11H21N3/c1-14(8-2-4-12-5-3-8)11-9-6-13-7-10(9)11/h8-13H,2-7H2,1H3. The fourth-order valence-electron chi connectivity index (χ4n) is 3.45. The first-order valence-electron chi connectivity index (χ1n) is 6.01. The van der Waals surface area contributed by atoms with Crippen LogP contribution in [0, 0.1) is 11.8 Å². The van der Waals surface area contributed by atoms with E-state index in [9.17, 15) is 0 Å². The molecule has 14 heavy (non-hydrogen) atoms. The maximum absolute atomic E-state index is 3.47. The molecule has 1 aliphatic carbocycles. The summed E-state index contributed by atoms with van der Waals surface area (Å²) in [4.78, 5) is 2.68. The molecule has 0 aromatic carbocycles. The zero-order chi connectivity index (χ0) is 9.54. The lowest BCUT2D eigenvalue weighted by Crippen LogP contribution is -2.44. The molecular formula is C11H21N3. The Balaban J connectivity index is 1.57. The highest BCUT2D eigenvalue weighted by molar-refractivity contribution is 5.10. The summed E-state index contributed by atoms with van der Waals surface area (Å²) in [6.45, 7) is 4.97. The largest absolute Gasteiger partial charge is 0.317 e. The van der Waals surface area contributed by atoms with Gasteiger partial charge in [0.2, 0.25) is 0 Å². The molecule has 0 spiro atoms. The van der Waals surface area contributed by atoms with Gasteiger partial charge in [-0.1, -0.05) is 0 Å². The van der Waals surface area contributed by atoms with Crippen LogP contribution in [0.3, 0.4) is 0 Å². The highest BCUT2D eigenvalue weighted by Gasteiger charge is 2.55. The van der Waals surface area contributed by atoms with Gasteiger partial charge in [0, 0.05) is 12.1 Å². The first-order chi connectivity index (χ1) is 6.88. The molecule has 3 aliphatic rings. The quantitative estimate of drug-likeness (QED) is 0.644. The van der Waals surface area contributed by atoms with Crippen LogP contribution in [-0.4, -0.2) is 50.2 Å². The van der Waals surface area contributed by atoms with E-state index in [1.165, 1.54) is 39.0 Å². The van der Waals surface area contributed by atoms with Crippen molar-refractivity contribution in [1.82, 2.24) is 15.5 Å². The van der Waals surface area contributed by atoms with Gasteiger partial charge in [-0.25, -0.2) is 0 Å². The monoisotopic (exact) mass is 195 g/mol. The molecule has 0 aromatic rings. The van der Waals surface area contributed by atoms with Crippen molar-refractivity contribution in [2.45, 2.75) is 24.9 Å². The summed E-state index contributed by atoms with van der Waals surface area (Å²) in [5.41, 5.74) is 0. The normalized spacial score (nSPS) is 42.9. The topological polar surface area (TPSA) is 27.3 Å². The third-order valence-corrected chi connectivity index (χ3v) is 4.40. The summed E-state index contributed by atoms with van der Waals surface area (Å²) in [6, 6.07) is 1.77. The Kier molecular flexibility index (Phi) is 2.26. The molecule has 1 saturated carbocycles. The van der Waals surface area contributed by atoms with Crippen molar-refractivity contribution >= 4 is 0 Å². The van der Waals surface area contributed by atoms with Crippen molar-refractivity contribution in [1.29, 1.82) is 0 Å². The molecular weight excluding hydrogens is 174 g/mol. The lowest BCUT2D eigenvalue weighted by molar-refractivity contribution is 0.173. The van der Waals surface area contributed by atoms with Gasteiger partial charge in [-0.15, -0.1) is 0 Å². The van der Waals surface area contributed by atoms with E-state index >= 15 is 0 Å². The van der Waals surface area contributed by atoms with E-state index in [2.05, 4.69) is 22.6 Å². The van der Waals surface area contributed by atoms with E-state index in [-0.39, 0.29) is 0 Å². The van der Waals surface area contributed by atoms with Crippen LogP contribution in [-0.2, 0) is 0 Å². The van der Waals surface area contributed by atoms with E-state index in [0.717, 1.165) is 23.9 Å². The van der Waals surface area contributed by atoms with Crippen molar-refractivity contribution in [3.8, 4) is 0 Å². The van der Waals surface area contributed by atoms with Gasteiger partial charge in [0.15, 0.2) is 0 Å². The van der Waals surface area contributed by atoms with Gasteiger partial charge in [-0.3, -0.25) is 4.90 Å². The van der Waals surface area contributed by atoms with Crippen LogP contribution in [0.15, 0.2) is 0 Å². The number of nitrogens with zero attached hydrogens (tertiary/aromatic N) is 1. The minimum Gasteiger partial charge on any atom is -0.317 e. The van der Waals surface area contributed by atoms with Crippen LogP contribution in [0.25, 0.3) is 0 Å². The van der Waals surface area contributed by atoms with E-state index in [1.54, 1.807) is 0 Å². The van der Waals surface area contributed by atoms with Gasteiger partial charge < -0.3 is 10.6 Å². The second-order valence-electron chi connectivity index (χ2n) is 5.12. The zero-order valence-electron chi connectivity index (χ0n) is 9.00. The Morgan fingerprint density at radius 3 is 2.29 bits per heavy atom. The van der Waals surface area contributed by atoms with E-state index in [4.69, 9.17) is 0 Å². The fourth-order valence-corrected chi connectivity index (χ4v) is 3.45. The van der Waals surface area contributed by atoms with Crippen molar-refractivity contribution in [3.63, 3.8) is 0 Å². The first kappa shape index (κ1) is 9.13. The van der Waals surface area contributed by atoms with Crippen LogP contribution in [0.4, 0.5) is 0 Å². The second kappa shape index (κ2) is 3.47. The predicted octanol–water partition coefficient (Wildman–Crippen LogP) is -0.112. The molecule has 2 aliphatic heterocycles. The number of nitrogens with one attached hydrogen (secondary N) is 2. The molecule has 80 valence electrons. The van der Waals surface area contributed by atoms with Gasteiger partial charge in [0.25, 0.3) is 0 Å². The zero-order valence-corrected chi connectivity index (χ0v) is 9.00. The van der Waals surface area contributed by atoms with Crippen molar-refractivity contribution in [3.05, 3.63) is 0 Å². The third-order valence-electron chi connectivity index (χ3n) is 4.40. The SMILES string of the molecule is CN(C1CCNCC1)C1C2CNCC21. The molecule has 3 nitrogen and oxygen atoms in total. The molecule has 2 heterocycles. The summed E-state index contributed by atoms with van der Waals surface area (Å²) >= 11 is 0. The molecule has 0 bridgehead atoms. The van der Waals surface area contributed by atoms with Crippen molar-refractivity contribution in [2.24, 2.45) is 11.8 Å². The Labute approximate surface area is 86.2 Å². The Morgan fingerprint density at radius 2 is 1.64 bits per heavy atom. The molecule has 0 aromatic heterocycles. The molecule has 3 heteroatoms. The van der Waals surface area contributed by atoms with E-state index < -0.39 is 0 Å². The number of hydrogen-bond acceptors (Lipinski definition) is 3. The van der Waals surface area contributed by atoms with Crippen LogP contribution in [0.1, 0.15) is 12.8 Å². The maximum atomic E-state index is 3.47. The fraction of sp³-hybridized carbons (Fsp3) is 1.00. The first-order valence-corrected chi connectivity index (χ1v) is 6.01. The molecule has 2 N–H and O–H groups in total. The maximum Gasteiger partial charge on any atom is 0.0183 e. The summed E-state index contributed by atoms with van der Waals surface area (Å²) in [6.07, 6.45) is 2.69. The van der Waals surface area contributed by atoms with E-state index in [1.807, 2.05) is 0 Å². The van der Waals surface area contributed by atoms with Crippen LogP contribution in [0.5, 0.6) is 0 Å². The van der Waals surface area contributed by atoms with Crippen LogP contribution >= 0.6 is 0 Å². The van der Waals surface area contributed by atoms with Gasteiger partial charge in [0.05, 0.1) is 0 Å². The molecule has 0 amide bonds. The van der Waals surface area contributed by atoms with Gasteiger partial charge in [-0.2, -0.15) is 0 Å². The molecule has 2 atom stereocenters. The minimum atomic E-state index is 0.854. The van der Waals surface area contributed by atoms with E-state index in [0.29, 0.717) is 0 Å². The van der Waals surface area contributed by atoms with Crippen LogP contribution < -0.4 is 10.6 Å². The molecule has 3 rings (SSSR count). The highest BCUT2D eigenvalue weighted by atomic mass is 15.2. The summed E-state index contributed by atoms with van der Waals surface area (Å²) in [7, 11) is 2.35. The molecule has 2 saturated heterocycles. The Morgan fingerprint density at radius 1 is 1.00 bits per heavy atom. The number of fused-ring (bicyclic) bond motifs is 1. The lowest BCUT2D eigenvalue weighted by atomic mass is 10.0. The lowest BCUT2D eigenvalue weighted by Gasteiger charge is -2.33.